The van der Waals surface area contributed by atoms with Gasteiger partial charge in [-0.1, -0.05) is 12.1 Å². The second kappa shape index (κ2) is 6.24. The molecule has 22 heavy (non-hydrogen) atoms. The van der Waals surface area contributed by atoms with Gasteiger partial charge in [0.25, 0.3) is 0 Å². The summed E-state index contributed by atoms with van der Waals surface area (Å²) in [7, 11) is 0. The van der Waals surface area contributed by atoms with Crippen LogP contribution >= 0.6 is 0 Å². The maximum Gasteiger partial charge on any atom is 0.318 e. The molecule has 0 aromatic heterocycles. The van der Waals surface area contributed by atoms with Crippen LogP contribution in [0.5, 0.6) is 0 Å². The lowest BCUT2D eigenvalue weighted by molar-refractivity contribution is 0.0382. The summed E-state index contributed by atoms with van der Waals surface area (Å²) in [6.07, 6.45) is 1.34. The van der Waals surface area contributed by atoms with Crippen LogP contribution in [0.4, 0.5) is 9.18 Å². The fourth-order valence-electron chi connectivity index (χ4n) is 2.90. The Morgan fingerprint density at radius 2 is 2.18 bits per heavy atom. The Labute approximate surface area is 131 Å². The van der Waals surface area contributed by atoms with Crippen molar-refractivity contribution < 1.29 is 14.3 Å². The summed E-state index contributed by atoms with van der Waals surface area (Å²) >= 11 is 0. The van der Waals surface area contributed by atoms with E-state index in [1.54, 1.807) is 24.8 Å². The van der Waals surface area contributed by atoms with Gasteiger partial charge in [0.05, 0.1) is 18.2 Å². The number of benzene rings is 1. The predicted octanol–water partition coefficient (Wildman–Crippen LogP) is 3.00. The molecule has 1 unspecified atom stereocenters. The van der Waals surface area contributed by atoms with Crippen molar-refractivity contribution in [1.29, 1.82) is 0 Å². The average molecular weight is 308 g/mol. The smallest absolute Gasteiger partial charge is 0.318 e. The Bertz CT molecular complexity index is 552. The van der Waals surface area contributed by atoms with Crippen LogP contribution in [0.3, 0.4) is 0 Å². The first-order chi connectivity index (χ1) is 10.2. The largest absolute Gasteiger partial charge is 0.389 e. The quantitative estimate of drug-likeness (QED) is 0.898. The van der Waals surface area contributed by atoms with Crippen molar-refractivity contribution in [3.8, 4) is 0 Å². The van der Waals surface area contributed by atoms with Crippen LogP contribution in [0.1, 0.15) is 51.3 Å². The molecular formula is C17H25FN2O2. The minimum atomic E-state index is -0.957. The van der Waals surface area contributed by atoms with E-state index in [0.717, 1.165) is 5.56 Å². The summed E-state index contributed by atoms with van der Waals surface area (Å²) in [6, 6.07) is 4.58. The maximum atomic E-state index is 13.8. The molecule has 1 aromatic carbocycles. The van der Waals surface area contributed by atoms with Crippen LogP contribution in [0.2, 0.25) is 0 Å². The standard InChI is InChI=1S/C17H25FN2O2/c1-11(2)20(10-17(3,4)22)16(21)19-15-9-8-12-13(15)6-5-7-14(12)18/h5-7,11,15,22H,8-10H2,1-4H3,(H,19,21). The maximum absolute atomic E-state index is 13.8. The predicted molar refractivity (Wildman–Crippen MR) is 84.1 cm³/mol. The molecule has 0 bridgehead atoms. The molecule has 0 saturated carbocycles. The number of rotatable bonds is 4. The van der Waals surface area contributed by atoms with Crippen molar-refractivity contribution in [2.45, 2.75) is 58.2 Å². The second-order valence-corrected chi connectivity index (χ2v) is 6.88. The molecule has 0 fully saturated rings. The number of urea groups is 1. The van der Waals surface area contributed by atoms with Gasteiger partial charge in [-0.3, -0.25) is 0 Å². The number of carbonyl (C=O) groups is 1. The fourth-order valence-corrected chi connectivity index (χ4v) is 2.90. The van der Waals surface area contributed by atoms with E-state index in [2.05, 4.69) is 5.32 Å². The van der Waals surface area contributed by atoms with Gasteiger partial charge in [-0.25, -0.2) is 9.18 Å². The molecule has 1 aromatic rings. The van der Waals surface area contributed by atoms with Gasteiger partial charge in [0, 0.05) is 6.04 Å². The number of nitrogens with zero attached hydrogens (tertiary/aromatic N) is 1. The molecule has 4 nitrogen and oxygen atoms in total. The molecule has 0 aliphatic heterocycles. The Kier molecular flexibility index (Phi) is 4.75. The molecule has 122 valence electrons. The van der Waals surface area contributed by atoms with E-state index in [-0.39, 0.29) is 30.5 Å². The number of amides is 2. The SMILES string of the molecule is CC(C)N(CC(C)(C)O)C(=O)NC1CCc2c(F)cccc21. The summed E-state index contributed by atoms with van der Waals surface area (Å²) in [5.41, 5.74) is 0.605. The molecule has 2 N–H and O–H groups in total. The lowest BCUT2D eigenvalue weighted by Gasteiger charge is -2.33. The van der Waals surface area contributed by atoms with E-state index < -0.39 is 5.60 Å². The summed E-state index contributed by atoms with van der Waals surface area (Å²) in [4.78, 5) is 14.1. The molecular weight excluding hydrogens is 283 g/mol. The minimum absolute atomic E-state index is 0.0280. The van der Waals surface area contributed by atoms with Gasteiger partial charge in [-0.05, 0) is 57.7 Å². The van der Waals surface area contributed by atoms with Crippen LogP contribution < -0.4 is 5.32 Å². The van der Waals surface area contributed by atoms with Crippen LogP contribution in [0, 0.1) is 5.82 Å². The highest BCUT2D eigenvalue weighted by Crippen LogP contribution is 2.32. The Morgan fingerprint density at radius 1 is 1.50 bits per heavy atom. The van der Waals surface area contributed by atoms with E-state index in [1.165, 1.54) is 6.07 Å². The van der Waals surface area contributed by atoms with Gasteiger partial charge in [0.2, 0.25) is 0 Å². The summed E-state index contributed by atoms with van der Waals surface area (Å²) in [5, 5.41) is 12.9. The summed E-state index contributed by atoms with van der Waals surface area (Å²) in [6.45, 7) is 7.42. The van der Waals surface area contributed by atoms with E-state index in [1.807, 2.05) is 19.9 Å². The van der Waals surface area contributed by atoms with Gasteiger partial charge in [-0.2, -0.15) is 0 Å². The molecule has 0 heterocycles. The molecule has 0 saturated heterocycles. The van der Waals surface area contributed by atoms with Gasteiger partial charge < -0.3 is 15.3 Å². The molecule has 2 rings (SSSR count). The molecule has 2 amide bonds. The lowest BCUT2D eigenvalue weighted by atomic mass is 10.1. The van der Waals surface area contributed by atoms with Crippen LogP contribution in [0.25, 0.3) is 0 Å². The summed E-state index contributed by atoms with van der Waals surface area (Å²) < 4.78 is 13.8. The van der Waals surface area contributed by atoms with Crippen LogP contribution in [-0.2, 0) is 6.42 Å². The van der Waals surface area contributed by atoms with Gasteiger partial charge >= 0.3 is 6.03 Å². The third-order valence-electron chi connectivity index (χ3n) is 3.95. The summed E-state index contributed by atoms with van der Waals surface area (Å²) in [5.74, 6) is -0.202. The first-order valence-corrected chi connectivity index (χ1v) is 7.76. The number of aliphatic hydroxyl groups is 1. The third kappa shape index (κ3) is 3.77. The third-order valence-corrected chi connectivity index (χ3v) is 3.95. The van der Waals surface area contributed by atoms with E-state index in [0.29, 0.717) is 18.4 Å². The zero-order valence-corrected chi connectivity index (χ0v) is 13.7. The Hall–Kier alpha value is -1.62. The Balaban J connectivity index is 2.11. The van der Waals surface area contributed by atoms with E-state index in [4.69, 9.17) is 0 Å². The van der Waals surface area contributed by atoms with Crippen molar-refractivity contribution >= 4 is 6.03 Å². The molecule has 5 heteroatoms. The number of nitrogens with one attached hydrogen (secondary N) is 1. The van der Waals surface area contributed by atoms with Crippen molar-refractivity contribution in [1.82, 2.24) is 10.2 Å². The van der Waals surface area contributed by atoms with Crippen molar-refractivity contribution in [2.24, 2.45) is 0 Å². The monoisotopic (exact) mass is 308 g/mol. The van der Waals surface area contributed by atoms with Gasteiger partial charge in [0.1, 0.15) is 5.82 Å². The number of halogens is 1. The van der Waals surface area contributed by atoms with E-state index >= 15 is 0 Å². The van der Waals surface area contributed by atoms with Crippen LogP contribution in [0.15, 0.2) is 18.2 Å². The van der Waals surface area contributed by atoms with Gasteiger partial charge in [-0.15, -0.1) is 0 Å². The topological polar surface area (TPSA) is 52.6 Å². The Morgan fingerprint density at radius 3 is 2.77 bits per heavy atom. The first-order valence-electron chi connectivity index (χ1n) is 7.76. The highest BCUT2D eigenvalue weighted by molar-refractivity contribution is 5.75. The highest BCUT2D eigenvalue weighted by Gasteiger charge is 2.30. The number of carbonyl (C=O) groups excluding carboxylic acids is 1. The molecule has 1 aliphatic carbocycles. The first kappa shape index (κ1) is 16.7. The average Bonchev–Trinajstić information content (AvgIpc) is 2.79. The minimum Gasteiger partial charge on any atom is -0.389 e. The van der Waals surface area contributed by atoms with Gasteiger partial charge in [0.15, 0.2) is 0 Å². The molecule has 1 aliphatic rings. The molecule has 1 atom stereocenters. The lowest BCUT2D eigenvalue weighted by Crippen LogP contribution is -2.50. The van der Waals surface area contributed by atoms with Crippen molar-refractivity contribution in [3.05, 3.63) is 35.1 Å². The normalized spacial score (nSPS) is 17.5. The molecule has 0 spiro atoms. The van der Waals surface area contributed by atoms with Crippen LogP contribution in [-0.4, -0.2) is 34.2 Å². The van der Waals surface area contributed by atoms with Crippen molar-refractivity contribution in [3.63, 3.8) is 0 Å². The zero-order valence-electron chi connectivity index (χ0n) is 13.7. The number of hydrogen-bond acceptors (Lipinski definition) is 2. The van der Waals surface area contributed by atoms with Crippen molar-refractivity contribution in [2.75, 3.05) is 6.54 Å². The number of fused-ring (bicyclic) bond motifs is 1. The molecule has 0 radical (unpaired) electrons. The highest BCUT2D eigenvalue weighted by atomic mass is 19.1. The fraction of sp³-hybridized carbons (Fsp3) is 0.588. The number of hydrogen-bond donors (Lipinski definition) is 2. The van der Waals surface area contributed by atoms with E-state index in [9.17, 15) is 14.3 Å². The zero-order chi connectivity index (χ0) is 16.5. The second-order valence-electron chi connectivity index (χ2n) is 6.88.